The van der Waals surface area contributed by atoms with E-state index in [4.69, 9.17) is 9.11 Å². The number of nitrogens with zero attached hydrogens (tertiary/aromatic N) is 3. The summed E-state index contributed by atoms with van der Waals surface area (Å²) in [4.78, 5) is 17.2. The number of para-hydroxylation sites is 1. The highest BCUT2D eigenvalue weighted by Gasteiger charge is 2.38. The van der Waals surface area contributed by atoms with E-state index in [0.717, 1.165) is 56.4 Å². The third kappa shape index (κ3) is 5.20. The van der Waals surface area contributed by atoms with E-state index in [1.807, 2.05) is 30.3 Å². The number of aromatic nitrogens is 1. The summed E-state index contributed by atoms with van der Waals surface area (Å²) in [5, 5.41) is 4.33. The van der Waals surface area contributed by atoms with Crippen molar-refractivity contribution >= 4 is 39.4 Å². The van der Waals surface area contributed by atoms with Crippen molar-refractivity contribution in [2.24, 2.45) is 11.8 Å². The van der Waals surface area contributed by atoms with Gasteiger partial charge >= 0.3 is 0 Å². The summed E-state index contributed by atoms with van der Waals surface area (Å²) in [7, 11) is 1.64. The molecule has 1 N–H and O–H groups in total. The molecule has 0 unspecified atom stereocenters. The van der Waals surface area contributed by atoms with Gasteiger partial charge in [-0.3, -0.25) is 9.69 Å². The summed E-state index contributed by atoms with van der Waals surface area (Å²) in [5.74, 6) is 3.15. The SMILES string of the molecule is COc1ccccc1C=CC(=O)NC[C@H]1C[C@@H]1CN1CCN(c2nsc3ccccc23)CC1. The first-order chi connectivity index (χ1) is 16.2. The van der Waals surface area contributed by atoms with Gasteiger partial charge in [0, 0.05) is 56.3 Å². The molecule has 2 aromatic carbocycles. The number of rotatable bonds is 8. The fourth-order valence-corrected chi connectivity index (χ4v) is 5.41. The Morgan fingerprint density at radius 3 is 2.76 bits per heavy atom. The van der Waals surface area contributed by atoms with Crippen LogP contribution in [0, 0.1) is 11.8 Å². The second kappa shape index (κ2) is 9.93. The zero-order chi connectivity index (χ0) is 22.6. The van der Waals surface area contributed by atoms with Gasteiger partial charge in [0.15, 0.2) is 0 Å². The fourth-order valence-electron chi connectivity index (χ4n) is 4.62. The maximum absolute atomic E-state index is 12.2. The summed E-state index contributed by atoms with van der Waals surface area (Å²) in [6, 6.07) is 16.2. The van der Waals surface area contributed by atoms with Gasteiger partial charge in [0.2, 0.25) is 5.91 Å². The van der Waals surface area contributed by atoms with Crippen LogP contribution in [0.15, 0.2) is 54.6 Å². The Morgan fingerprint density at radius 2 is 1.91 bits per heavy atom. The van der Waals surface area contributed by atoms with Crippen molar-refractivity contribution in [2.75, 3.05) is 51.3 Å². The molecule has 1 aromatic heterocycles. The van der Waals surface area contributed by atoms with Crippen LogP contribution in [0.25, 0.3) is 16.2 Å². The van der Waals surface area contributed by atoms with Crippen LogP contribution in [0.4, 0.5) is 5.82 Å². The van der Waals surface area contributed by atoms with E-state index >= 15 is 0 Å². The molecule has 1 aliphatic heterocycles. The van der Waals surface area contributed by atoms with Crippen molar-refractivity contribution < 1.29 is 9.53 Å². The molecular weight excluding hydrogens is 432 g/mol. The molecule has 1 saturated heterocycles. The maximum atomic E-state index is 12.2. The Hall–Kier alpha value is -2.90. The molecule has 6 nitrogen and oxygen atoms in total. The first kappa shape index (κ1) is 21.9. The van der Waals surface area contributed by atoms with E-state index < -0.39 is 0 Å². The lowest BCUT2D eigenvalue weighted by atomic mass is 10.2. The van der Waals surface area contributed by atoms with Crippen LogP contribution in [0.5, 0.6) is 5.75 Å². The predicted molar refractivity (Wildman–Crippen MR) is 135 cm³/mol. The lowest BCUT2D eigenvalue weighted by Crippen LogP contribution is -2.47. The highest BCUT2D eigenvalue weighted by molar-refractivity contribution is 7.13. The Morgan fingerprint density at radius 1 is 1.12 bits per heavy atom. The lowest BCUT2D eigenvalue weighted by molar-refractivity contribution is -0.116. The predicted octanol–water partition coefficient (Wildman–Crippen LogP) is 3.89. The molecule has 33 heavy (non-hydrogen) atoms. The van der Waals surface area contributed by atoms with Crippen molar-refractivity contribution in [2.45, 2.75) is 6.42 Å². The molecule has 1 saturated carbocycles. The van der Waals surface area contributed by atoms with E-state index in [2.05, 4.69) is 39.4 Å². The Bertz CT molecular complexity index is 1140. The average Bonchev–Trinajstić information content (AvgIpc) is 3.46. The number of carbonyl (C=O) groups excluding carboxylic acids is 1. The fraction of sp³-hybridized carbons (Fsp3) is 0.385. The molecule has 0 spiro atoms. The van der Waals surface area contributed by atoms with Crippen LogP contribution in [-0.4, -0.2) is 61.6 Å². The monoisotopic (exact) mass is 462 g/mol. The highest BCUT2D eigenvalue weighted by Crippen LogP contribution is 2.39. The number of ether oxygens (including phenoxy) is 1. The number of fused-ring (bicyclic) bond motifs is 1. The molecule has 0 bridgehead atoms. The van der Waals surface area contributed by atoms with Crippen LogP contribution in [-0.2, 0) is 4.79 Å². The van der Waals surface area contributed by atoms with Crippen LogP contribution >= 0.6 is 11.5 Å². The van der Waals surface area contributed by atoms with Crippen molar-refractivity contribution in [3.05, 3.63) is 60.2 Å². The quantitative estimate of drug-likeness (QED) is 0.515. The molecule has 2 fully saturated rings. The number of carbonyl (C=O) groups is 1. The van der Waals surface area contributed by atoms with Crippen molar-refractivity contribution in [1.82, 2.24) is 14.6 Å². The molecule has 2 aliphatic rings. The molecule has 1 aliphatic carbocycles. The van der Waals surface area contributed by atoms with Gasteiger partial charge in [-0.15, -0.1) is 0 Å². The Labute approximate surface area is 199 Å². The topological polar surface area (TPSA) is 57.7 Å². The molecule has 2 atom stereocenters. The minimum absolute atomic E-state index is 0.0457. The zero-order valence-corrected chi connectivity index (χ0v) is 19.8. The number of hydrogen-bond donors (Lipinski definition) is 1. The van der Waals surface area contributed by atoms with E-state index in [1.54, 1.807) is 24.7 Å². The Balaban J connectivity index is 1.04. The number of nitrogens with one attached hydrogen (secondary N) is 1. The number of anilines is 1. The summed E-state index contributed by atoms with van der Waals surface area (Å²) in [6.45, 7) is 6.07. The standard InChI is InChI=1S/C26H30N4O2S/c1-32-23-8-4-2-6-19(23)10-11-25(31)27-17-20-16-21(20)18-29-12-14-30(15-13-29)26-22-7-3-5-9-24(22)33-28-26/h2-11,20-21H,12-18H2,1H3,(H,27,31)/t20-,21-/m1/s1. The van der Waals surface area contributed by atoms with Crippen molar-refractivity contribution in [3.8, 4) is 5.75 Å². The van der Waals surface area contributed by atoms with Gasteiger partial charge in [-0.1, -0.05) is 30.3 Å². The average molecular weight is 463 g/mol. The number of methoxy groups -OCH3 is 1. The highest BCUT2D eigenvalue weighted by atomic mass is 32.1. The normalized spacial score (nSPS) is 20.9. The first-order valence-electron chi connectivity index (χ1n) is 11.6. The van der Waals surface area contributed by atoms with E-state index in [-0.39, 0.29) is 5.91 Å². The second-order valence-corrected chi connectivity index (χ2v) is 9.67. The van der Waals surface area contributed by atoms with Gasteiger partial charge in [-0.25, -0.2) is 0 Å². The lowest BCUT2D eigenvalue weighted by Gasteiger charge is -2.35. The molecule has 0 radical (unpaired) electrons. The summed E-state index contributed by atoms with van der Waals surface area (Å²) in [6.07, 6.45) is 4.60. The van der Waals surface area contributed by atoms with Gasteiger partial charge in [-0.2, -0.15) is 4.37 Å². The van der Waals surface area contributed by atoms with Crippen molar-refractivity contribution in [1.29, 1.82) is 0 Å². The second-order valence-electron chi connectivity index (χ2n) is 8.87. The van der Waals surface area contributed by atoms with E-state index in [1.165, 1.54) is 16.5 Å². The van der Waals surface area contributed by atoms with Gasteiger partial charge in [0.25, 0.3) is 0 Å². The van der Waals surface area contributed by atoms with Crippen LogP contribution in [0.3, 0.4) is 0 Å². The number of hydrogen-bond acceptors (Lipinski definition) is 6. The number of amides is 1. The van der Waals surface area contributed by atoms with Gasteiger partial charge < -0.3 is 15.0 Å². The minimum Gasteiger partial charge on any atom is -0.496 e. The smallest absolute Gasteiger partial charge is 0.244 e. The van der Waals surface area contributed by atoms with Gasteiger partial charge in [0.05, 0.1) is 11.8 Å². The molecule has 1 amide bonds. The summed E-state index contributed by atoms with van der Waals surface area (Å²) >= 11 is 1.59. The molecule has 3 aromatic rings. The summed E-state index contributed by atoms with van der Waals surface area (Å²) < 4.78 is 11.3. The van der Waals surface area contributed by atoms with Crippen LogP contribution in [0.1, 0.15) is 12.0 Å². The van der Waals surface area contributed by atoms with Gasteiger partial charge in [-0.05, 0) is 54.1 Å². The first-order valence-corrected chi connectivity index (χ1v) is 12.4. The largest absolute Gasteiger partial charge is 0.496 e. The van der Waals surface area contributed by atoms with Crippen molar-refractivity contribution in [3.63, 3.8) is 0 Å². The van der Waals surface area contributed by atoms with E-state index in [0.29, 0.717) is 11.8 Å². The van der Waals surface area contributed by atoms with Gasteiger partial charge in [0.1, 0.15) is 11.6 Å². The number of piperazine rings is 1. The molecular formula is C26H30N4O2S. The van der Waals surface area contributed by atoms with E-state index in [9.17, 15) is 4.79 Å². The minimum atomic E-state index is -0.0457. The molecule has 7 heteroatoms. The Kier molecular flexibility index (Phi) is 6.60. The maximum Gasteiger partial charge on any atom is 0.244 e. The molecule has 5 rings (SSSR count). The number of benzene rings is 2. The third-order valence-corrected chi connectivity index (χ3v) is 7.50. The van der Waals surface area contributed by atoms with Crippen LogP contribution < -0.4 is 15.0 Å². The molecule has 172 valence electrons. The molecule has 2 heterocycles. The zero-order valence-electron chi connectivity index (χ0n) is 18.9. The summed E-state index contributed by atoms with van der Waals surface area (Å²) in [5.41, 5.74) is 0.907. The van der Waals surface area contributed by atoms with Crippen LogP contribution in [0.2, 0.25) is 0 Å². The third-order valence-electron chi connectivity index (χ3n) is 6.68.